The molecule has 0 saturated carbocycles. The van der Waals surface area contributed by atoms with Crippen molar-refractivity contribution in [1.82, 2.24) is 14.9 Å². The van der Waals surface area contributed by atoms with E-state index in [1.165, 1.54) is 19.2 Å². The topological polar surface area (TPSA) is 94.5 Å². The molecule has 0 aliphatic carbocycles. The Kier molecular flexibility index (Phi) is 6.21. The summed E-state index contributed by atoms with van der Waals surface area (Å²) in [6.07, 6.45) is -4.61. The SMILES string of the molecule is CCN(CC)C(=O)c1nc(-c2ccc(OC)c3nc(C(F)(F)F)ccc23)oc1[C@H](C)N. The molecule has 0 radical (unpaired) electrons. The Hall–Kier alpha value is -3.14. The number of hydrogen-bond donors (Lipinski definition) is 1. The molecule has 3 aromatic rings. The van der Waals surface area contributed by atoms with E-state index in [1.807, 2.05) is 13.8 Å². The number of nitrogens with two attached hydrogens (primary N) is 1. The Morgan fingerprint density at radius 1 is 1.19 bits per heavy atom. The van der Waals surface area contributed by atoms with Crippen LogP contribution >= 0.6 is 0 Å². The quantitative estimate of drug-likeness (QED) is 0.615. The Morgan fingerprint density at radius 3 is 2.42 bits per heavy atom. The predicted molar refractivity (Wildman–Crippen MR) is 109 cm³/mol. The van der Waals surface area contributed by atoms with Crippen LogP contribution in [-0.4, -0.2) is 41.0 Å². The van der Waals surface area contributed by atoms with Crippen LogP contribution in [0.1, 0.15) is 48.8 Å². The van der Waals surface area contributed by atoms with Gasteiger partial charge in [0.1, 0.15) is 17.0 Å². The van der Waals surface area contributed by atoms with Gasteiger partial charge in [0.05, 0.1) is 13.2 Å². The highest BCUT2D eigenvalue weighted by Crippen LogP contribution is 2.37. The van der Waals surface area contributed by atoms with Gasteiger partial charge >= 0.3 is 6.18 Å². The number of fused-ring (bicyclic) bond motifs is 1. The highest BCUT2D eigenvalue weighted by atomic mass is 19.4. The number of methoxy groups -OCH3 is 1. The third kappa shape index (κ3) is 4.20. The molecule has 7 nitrogen and oxygen atoms in total. The first-order valence-electron chi connectivity index (χ1n) is 9.73. The van der Waals surface area contributed by atoms with Gasteiger partial charge in [-0.25, -0.2) is 9.97 Å². The number of ether oxygens (including phenoxy) is 1. The second kappa shape index (κ2) is 8.54. The maximum Gasteiger partial charge on any atom is 0.433 e. The van der Waals surface area contributed by atoms with Crippen LogP contribution in [0.25, 0.3) is 22.4 Å². The molecule has 0 fully saturated rings. The standard InChI is InChI=1S/C21H23F3N4O3/c1-5-28(6-2)20(29)17-18(11(3)25)31-19(27-17)13-7-9-14(30-4)16-12(13)8-10-15(26-16)21(22,23)24/h7-11H,5-6,25H2,1-4H3/t11-/m0/s1. The van der Waals surface area contributed by atoms with Crippen molar-refractivity contribution in [1.29, 1.82) is 0 Å². The third-order valence-electron chi connectivity index (χ3n) is 4.88. The molecule has 10 heteroatoms. The molecule has 0 spiro atoms. The molecule has 2 N–H and O–H groups in total. The lowest BCUT2D eigenvalue weighted by molar-refractivity contribution is -0.140. The molecule has 2 aromatic heterocycles. The van der Waals surface area contributed by atoms with Crippen molar-refractivity contribution in [3.05, 3.63) is 41.4 Å². The van der Waals surface area contributed by atoms with Crippen molar-refractivity contribution in [3.8, 4) is 17.2 Å². The summed E-state index contributed by atoms with van der Waals surface area (Å²) in [5, 5.41) is 0.340. The second-order valence-corrected chi connectivity index (χ2v) is 6.90. The van der Waals surface area contributed by atoms with E-state index in [0.29, 0.717) is 24.0 Å². The number of rotatable bonds is 6. The molecule has 0 aliphatic rings. The maximum absolute atomic E-state index is 13.2. The van der Waals surface area contributed by atoms with E-state index in [1.54, 1.807) is 17.9 Å². The zero-order valence-electron chi connectivity index (χ0n) is 17.6. The van der Waals surface area contributed by atoms with E-state index >= 15 is 0 Å². The maximum atomic E-state index is 13.2. The first kappa shape index (κ1) is 22.5. The van der Waals surface area contributed by atoms with Crippen LogP contribution in [0.3, 0.4) is 0 Å². The van der Waals surface area contributed by atoms with Gasteiger partial charge < -0.3 is 19.8 Å². The van der Waals surface area contributed by atoms with Crippen LogP contribution in [0.15, 0.2) is 28.7 Å². The van der Waals surface area contributed by atoms with Crippen LogP contribution in [-0.2, 0) is 6.18 Å². The zero-order valence-corrected chi connectivity index (χ0v) is 17.6. The van der Waals surface area contributed by atoms with Gasteiger partial charge in [-0.1, -0.05) is 0 Å². The minimum Gasteiger partial charge on any atom is -0.494 e. The first-order valence-corrected chi connectivity index (χ1v) is 9.73. The monoisotopic (exact) mass is 436 g/mol. The van der Waals surface area contributed by atoms with Crippen molar-refractivity contribution in [2.24, 2.45) is 5.73 Å². The summed E-state index contributed by atoms with van der Waals surface area (Å²) in [6.45, 7) is 6.30. The molecule has 0 saturated heterocycles. The average molecular weight is 436 g/mol. The van der Waals surface area contributed by atoms with Gasteiger partial charge in [0.2, 0.25) is 5.89 Å². The summed E-state index contributed by atoms with van der Waals surface area (Å²) >= 11 is 0. The molecule has 0 unspecified atom stereocenters. The normalized spacial score (nSPS) is 12.8. The fourth-order valence-electron chi connectivity index (χ4n) is 3.27. The molecule has 0 aliphatic heterocycles. The van der Waals surface area contributed by atoms with E-state index in [0.717, 1.165) is 6.07 Å². The molecular formula is C21H23F3N4O3. The van der Waals surface area contributed by atoms with E-state index in [4.69, 9.17) is 14.9 Å². The summed E-state index contributed by atoms with van der Waals surface area (Å²) in [5.74, 6) is 0.110. The fraction of sp³-hybridized carbons (Fsp3) is 0.381. The summed E-state index contributed by atoms with van der Waals surface area (Å²) < 4.78 is 50.5. The number of pyridine rings is 1. The van der Waals surface area contributed by atoms with Crippen LogP contribution in [0.4, 0.5) is 13.2 Å². The molecule has 0 bridgehead atoms. The van der Waals surface area contributed by atoms with E-state index in [-0.39, 0.29) is 34.5 Å². The molecule has 31 heavy (non-hydrogen) atoms. The first-order chi connectivity index (χ1) is 14.6. The van der Waals surface area contributed by atoms with Gasteiger partial charge in [0.15, 0.2) is 11.5 Å². The molecule has 2 heterocycles. The van der Waals surface area contributed by atoms with Gasteiger partial charge in [-0.2, -0.15) is 13.2 Å². The number of carbonyl (C=O) groups excluding carboxylic acids is 1. The summed E-state index contributed by atoms with van der Waals surface area (Å²) in [6, 6.07) is 4.62. The number of hydrogen-bond acceptors (Lipinski definition) is 6. The zero-order chi connectivity index (χ0) is 22.9. The number of oxazole rings is 1. The summed E-state index contributed by atoms with van der Waals surface area (Å²) in [7, 11) is 1.34. The summed E-state index contributed by atoms with van der Waals surface area (Å²) in [4.78, 5) is 22.6. The predicted octanol–water partition coefficient (Wildman–Crippen LogP) is 4.42. The highest BCUT2D eigenvalue weighted by Gasteiger charge is 2.33. The lowest BCUT2D eigenvalue weighted by atomic mass is 10.1. The Balaban J connectivity index is 2.22. The van der Waals surface area contributed by atoms with Gasteiger partial charge in [-0.3, -0.25) is 4.79 Å². The molecule has 166 valence electrons. The van der Waals surface area contributed by atoms with Crippen LogP contribution < -0.4 is 10.5 Å². The third-order valence-corrected chi connectivity index (χ3v) is 4.88. The van der Waals surface area contributed by atoms with Crippen molar-refractivity contribution < 1.29 is 27.1 Å². The molecule has 1 amide bonds. The number of nitrogens with zero attached hydrogens (tertiary/aromatic N) is 3. The van der Waals surface area contributed by atoms with Crippen molar-refractivity contribution >= 4 is 16.8 Å². The average Bonchev–Trinajstić information content (AvgIpc) is 3.18. The lowest BCUT2D eigenvalue weighted by Gasteiger charge is -2.17. The van der Waals surface area contributed by atoms with E-state index in [2.05, 4.69) is 9.97 Å². The lowest BCUT2D eigenvalue weighted by Crippen LogP contribution is -2.31. The van der Waals surface area contributed by atoms with Crippen molar-refractivity contribution in [3.63, 3.8) is 0 Å². The minimum absolute atomic E-state index is 0.00647. The number of carbonyl (C=O) groups is 1. The number of alkyl halides is 3. The Bertz CT molecular complexity index is 1110. The van der Waals surface area contributed by atoms with Gasteiger partial charge in [-0.15, -0.1) is 0 Å². The van der Waals surface area contributed by atoms with Crippen molar-refractivity contribution in [2.45, 2.75) is 33.0 Å². The largest absolute Gasteiger partial charge is 0.494 e. The number of benzene rings is 1. The Morgan fingerprint density at radius 2 is 1.87 bits per heavy atom. The van der Waals surface area contributed by atoms with Crippen molar-refractivity contribution in [2.75, 3.05) is 20.2 Å². The Labute approximate surface area is 177 Å². The fourth-order valence-corrected chi connectivity index (χ4v) is 3.27. The minimum atomic E-state index is -4.61. The highest BCUT2D eigenvalue weighted by molar-refractivity contribution is 5.98. The van der Waals surface area contributed by atoms with Gasteiger partial charge in [0.25, 0.3) is 5.91 Å². The summed E-state index contributed by atoms with van der Waals surface area (Å²) in [5.41, 5.74) is 5.41. The molecule has 1 atom stereocenters. The smallest absolute Gasteiger partial charge is 0.433 e. The number of aromatic nitrogens is 2. The second-order valence-electron chi connectivity index (χ2n) is 6.90. The van der Waals surface area contributed by atoms with Crippen LogP contribution in [0, 0.1) is 0 Å². The van der Waals surface area contributed by atoms with Crippen LogP contribution in [0.2, 0.25) is 0 Å². The molecule has 1 aromatic carbocycles. The van der Waals surface area contributed by atoms with Gasteiger partial charge in [-0.05, 0) is 45.0 Å². The number of halogens is 3. The number of amides is 1. The molecular weight excluding hydrogens is 413 g/mol. The molecule has 3 rings (SSSR count). The van der Waals surface area contributed by atoms with Crippen LogP contribution in [0.5, 0.6) is 5.75 Å². The van der Waals surface area contributed by atoms with E-state index in [9.17, 15) is 18.0 Å². The van der Waals surface area contributed by atoms with Gasteiger partial charge in [0, 0.05) is 24.0 Å². The van der Waals surface area contributed by atoms with E-state index < -0.39 is 17.9 Å².